The van der Waals surface area contributed by atoms with E-state index in [-0.39, 0.29) is 23.1 Å². The highest BCUT2D eigenvalue weighted by Gasteiger charge is 2.35. The van der Waals surface area contributed by atoms with Gasteiger partial charge in [-0.25, -0.2) is 13.2 Å². The van der Waals surface area contributed by atoms with Gasteiger partial charge >= 0.3 is 5.97 Å². The third-order valence-corrected chi connectivity index (χ3v) is 5.63. The largest absolute Gasteiger partial charge is 0.449 e. The van der Waals surface area contributed by atoms with E-state index < -0.39 is 27.8 Å². The number of rotatable bonds is 4. The topological polar surface area (TPSA) is 93.6 Å². The van der Waals surface area contributed by atoms with E-state index in [9.17, 15) is 18.0 Å². The minimum Gasteiger partial charge on any atom is -0.449 e. The molecule has 0 radical (unpaired) electrons. The average Bonchev–Trinajstić information content (AvgIpc) is 2.86. The van der Waals surface area contributed by atoms with Crippen LogP contribution >= 0.6 is 0 Å². The molecule has 1 aliphatic heterocycles. The quantitative estimate of drug-likeness (QED) is 0.744. The molecule has 0 N–H and O–H groups in total. The van der Waals surface area contributed by atoms with Crippen LogP contribution in [-0.2, 0) is 19.4 Å². The molecule has 0 saturated carbocycles. The van der Waals surface area contributed by atoms with Gasteiger partial charge in [0.1, 0.15) is 0 Å². The number of likely N-dealkylation sites (N-methyl/N-ethyl adjacent to an activating group) is 1. The predicted octanol–water partition coefficient (Wildman–Crippen LogP) is 0.581. The number of hydrogen-bond acceptors (Lipinski definition) is 6. The number of pyridine rings is 1. The maximum absolute atomic E-state index is 12.3. The number of aromatic nitrogens is 1. The Bertz CT molecular complexity index is 699. The number of ether oxygens (including phenoxy) is 1. The minimum absolute atomic E-state index is 0.0439. The lowest BCUT2D eigenvalue weighted by Gasteiger charge is -2.26. The van der Waals surface area contributed by atoms with Gasteiger partial charge in [0.15, 0.2) is 15.9 Å². The van der Waals surface area contributed by atoms with Crippen LogP contribution in [0.15, 0.2) is 18.3 Å². The lowest BCUT2D eigenvalue weighted by atomic mass is 10.2. The first-order chi connectivity index (χ1) is 10.7. The standard InChI is InChI=1S/C15H20N2O5S/c1-10-4-5-12(8-16-10)15(19)22-11(2)14(18)17(3)13-6-7-23(20,21)9-13/h4-5,8,11,13H,6-7,9H2,1-3H3/t11-,13+/m0/s1. The van der Waals surface area contributed by atoms with Gasteiger partial charge in [-0.15, -0.1) is 0 Å². The molecule has 2 atom stereocenters. The van der Waals surface area contributed by atoms with Gasteiger partial charge in [0, 0.05) is 25.0 Å². The molecule has 0 bridgehead atoms. The van der Waals surface area contributed by atoms with Crippen molar-refractivity contribution < 1.29 is 22.7 Å². The Morgan fingerprint density at radius 1 is 1.39 bits per heavy atom. The summed E-state index contributed by atoms with van der Waals surface area (Å²) in [6.45, 7) is 3.27. The molecule has 0 aliphatic carbocycles. The van der Waals surface area contributed by atoms with Crippen molar-refractivity contribution in [1.82, 2.24) is 9.88 Å². The zero-order valence-electron chi connectivity index (χ0n) is 13.4. The second-order valence-corrected chi connectivity index (χ2v) is 7.97. The molecular weight excluding hydrogens is 320 g/mol. The van der Waals surface area contributed by atoms with Crippen molar-refractivity contribution in [1.29, 1.82) is 0 Å². The zero-order valence-corrected chi connectivity index (χ0v) is 14.2. The fourth-order valence-corrected chi connectivity index (χ4v) is 4.19. The summed E-state index contributed by atoms with van der Waals surface area (Å²) in [6, 6.07) is 2.89. The molecule has 1 aromatic heterocycles. The van der Waals surface area contributed by atoms with Gasteiger partial charge in [-0.3, -0.25) is 9.78 Å². The van der Waals surface area contributed by atoms with Gasteiger partial charge < -0.3 is 9.64 Å². The van der Waals surface area contributed by atoms with Crippen molar-refractivity contribution in [3.63, 3.8) is 0 Å². The van der Waals surface area contributed by atoms with Gasteiger partial charge in [-0.2, -0.15) is 0 Å². The number of carbonyl (C=O) groups excluding carboxylic acids is 2. The van der Waals surface area contributed by atoms with Crippen LogP contribution in [0.25, 0.3) is 0 Å². The number of amides is 1. The van der Waals surface area contributed by atoms with Crippen LogP contribution in [0.2, 0.25) is 0 Å². The van der Waals surface area contributed by atoms with Crippen LogP contribution in [0.3, 0.4) is 0 Å². The lowest BCUT2D eigenvalue weighted by Crippen LogP contribution is -2.44. The Labute approximate surface area is 135 Å². The summed E-state index contributed by atoms with van der Waals surface area (Å²) >= 11 is 0. The van der Waals surface area contributed by atoms with Gasteiger partial charge in [0.2, 0.25) is 0 Å². The molecule has 0 aromatic carbocycles. The number of sulfone groups is 1. The average molecular weight is 340 g/mol. The van der Waals surface area contributed by atoms with Gasteiger partial charge in [-0.05, 0) is 32.4 Å². The minimum atomic E-state index is -3.08. The van der Waals surface area contributed by atoms with Crippen LogP contribution in [0.4, 0.5) is 0 Å². The number of carbonyl (C=O) groups is 2. The Morgan fingerprint density at radius 3 is 2.61 bits per heavy atom. The summed E-state index contributed by atoms with van der Waals surface area (Å²) < 4.78 is 28.1. The molecule has 23 heavy (non-hydrogen) atoms. The summed E-state index contributed by atoms with van der Waals surface area (Å²) in [5.41, 5.74) is 1.04. The summed E-state index contributed by atoms with van der Waals surface area (Å²) in [7, 11) is -1.55. The Kier molecular flexibility index (Phi) is 5.03. The molecule has 0 spiro atoms. The van der Waals surface area contributed by atoms with Crippen molar-refractivity contribution in [2.24, 2.45) is 0 Å². The van der Waals surface area contributed by atoms with Gasteiger partial charge in [0.25, 0.3) is 5.91 Å². The van der Waals surface area contributed by atoms with E-state index >= 15 is 0 Å². The molecule has 2 heterocycles. The smallest absolute Gasteiger partial charge is 0.340 e. The van der Waals surface area contributed by atoms with Gasteiger partial charge in [-0.1, -0.05) is 0 Å². The van der Waals surface area contributed by atoms with Gasteiger partial charge in [0.05, 0.1) is 17.1 Å². The number of nitrogens with zero attached hydrogens (tertiary/aromatic N) is 2. The number of aryl methyl sites for hydroxylation is 1. The maximum Gasteiger partial charge on any atom is 0.340 e. The Balaban J connectivity index is 1.97. The highest BCUT2D eigenvalue weighted by atomic mass is 32.2. The Morgan fingerprint density at radius 2 is 2.09 bits per heavy atom. The van der Waals surface area contributed by atoms with Crippen molar-refractivity contribution in [3.8, 4) is 0 Å². The second-order valence-electron chi connectivity index (χ2n) is 5.74. The summed E-state index contributed by atoms with van der Waals surface area (Å²) in [4.78, 5) is 29.6. The first kappa shape index (κ1) is 17.4. The molecule has 2 rings (SSSR count). The van der Waals surface area contributed by atoms with Crippen LogP contribution in [0.5, 0.6) is 0 Å². The third kappa shape index (κ3) is 4.28. The van der Waals surface area contributed by atoms with Crippen molar-refractivity contribution in [2.75, 3.05) is 18.6 Å². The third-order valence-electron chi connectivity index (χ3n) is 3.88. The van der Waals surface area contributed by atoms with E-state index in [0.29, 0.717) is 6.42 Å². The van der Waals surface area contributed by atoms with E-state index in [1.54, 1.807) is 19.1 Å². The summed E-state index contributed by atoms with van der Waals surface area (Å²) in [6.07, 6.45) is 0.812. The fraction of sp³-hybridized carbons (Fsp3) is 0.533. The van der Waals surface area contributed by atoms with E-state index in [2.05, 4.69) is 4.98 Å². The van der Waals surface area contributed by atoms with Crippen molar-refractivity contribution >= 4 is 21.7 Å². The van der Waals surface area contributed by atoms with E-state index in [1.807, 2.05) is 0 Å². The molecular formula is C15H20N2O5S. The molecule has 1 aliphatic rings. The summed E-state index contributed by atoms with van der Waals surface area (Å²) in [5, 5.41) is 0. The van der Waals surface area contributed by atoms with Crippen LogP contribution in [0, 0.1) is 6.92 Å². The Hall–Kier alpha value is -1.96. The lowest BCUT2D eigenvalue weighted by molar-refractivity contribution is -0.140. The maximum atomic E-state index is 12.3. The molecule has 0 unspecified atom stereocenters. The monoisotopic (exact) mass is 340 g/mol. The number of esters is 1. The normalized spacial score (nSPS) is 20.7. The second kappa shape index (κ2) is 6.66. The SMILES string of the molecule is Cc1ccc(C(=O)O[C@@H](C)C(=O)N(C)[C@@H]2CCS(=O)(=O)C2)cn1. The molecule has 1 amide bonds. The predicted molar refractivity (Wildman–Crippen MR) is 83.7 cm³/mol. The fourth-order valence-electron chi connectivity index (χ4n) is 2.42. The molecule has 8 heteroatoms. The molecule has 1 fully saturated rings. The van der Waals surface area contributed by atoms with Crippen molar-refractivity contribution in [3.05, 3.63) is 29.6 Å². The van der Waals surface area contributed by atoms with Crippen LogP contribution in [0.1, 0.15) is 29.4 Å². The first-order valence-electron chi connectivity index (χ1n) is 7.30. The molecule has 1 saturated heterocycles. The highest BCUT2D eigenvalue weighted by Crippen LogP contribution is 2.18. The molecule has 1 aromatic rings. The van der Waals surface area contributed by atoms with Crippen molar-refractivity contribution in [2.45, 2.75) is 32.4 Å². The van der Waals surface area contributed by atoms with E-state index in [4.69, 9.17) is 4.74 Å². The van der Waals surface area contributed by atoms with Crippen LogP contribution < -0.4 is 0 Å². The zero-order chi connectivity index (χ0) is 17.2. The molecule has 126 valence electrons. The molecule has 7 nitrogen and oxygen atoms in total. The number of hydrogen-bond donors (Lipinski definition) is 0. The highest BCUT2D eigenvalue weighted by molar-refractivity contribution is 7.91. The van der Waals surface area contributed by atoms with E-state index in [1.165, 1.54) is 25.1 Å². The first-order valence-corrected chi connectivity index (χ1v) is 9.12. The van der Waals surface area contributed by atoms with Crippen LogP contribution in [-0.4, -0.2) is 60.9 Å². The van der Waals surface area contributed by atoms with E-state index in [0.717, 1.165) is 5.69 Å². The summed E-state index contributed by atoms with van der Waals surface area (Å²) in [5.74, 6) is -1.01.